The number of nitrogens with one attached hydrogen (secondary N) is 1. The fourth-order valence-corrected chi connectivity index (χ4v) is 1.94. The van der Waals surface area contributed by atoms with Gasteiger partial charge in [-0.15, -0.1) is 0 Å². The van der Waals surface area contributed by atoms with Gasteiger partial charge in [0, 0.05) is 11.6 Å². The summed E-state index contributed by atoms with van der Waals surface area (Å²) in [6, 6.07) is 7.47. The minimum absolute atomic E-state index is 0.455. The molecule has 106 valence electrons. The van der Waals surface area contributed by atoms with Gasteiger partial charge >= 0.3 is 5.97 Å². The molecule has 1 unspecified atom stereocenters. The largest absolute Gasteiger partial charge is 0.497 e. The summed E-state index contributed by atoms with van der Waals surface area (Å²) >= 11 is 0. The molecule has 0 aliphatic carbocycles. The van der Waals surface area contributed by atoms with Gasteiger partial charge in [0.1, 0.15) is 17.1 Å². The first-order valence-corrected chi connectivity index (χ1v) is 6.44. The molecule has 0 saturated heterocycles. The second-order valence-corrected chi connectivity index (χ2v) is 4.86. The highest BCUT2D eigenvalue weighted by Crippen LogP contribution is 2.28. The summed E-state index contributed by atoms with van der Waals surface area (Å²) in [7, 11) is 1.61. The van der Waals surface area contributed by atoms with Gasteiger partial charge in [-0.05, 0) is 43.0 Å². The number of ether oxygens (including phenoxy) is 1. The van der Waals surface area contributed by atoms with Crippen molar-refractivity contribution in [1.82, 2.24) is 4.98 Å². The molecule has 1 atom stereocenters. The molecular formula is C15H18N2O3. The number of carboxylic acid groups (broad SMARTS) is 1. The third kappa shape index (κ3) is 2.52. The second-order valence-electron chi connectivity index (χ2n) is 4.86. The summed E-state index contributed by atoms with van der Waals surface area (Å²) in [6.45, 7) is 3.48. The van der Waals surface area contributed by atoms with Gasteiger partial charge in [-0.2, -0.15) is 0 Å². The molecular weight excluding hydrogens is 256 g/mol. The van der Waals surface area contributed by atoms with Crippen molar-refractivity contribution in [3.8, 4) is 5.75 Å². The number of carbonyl (C=O) groups is 1. The standard InChI is InChI=1S/C15H18N2O3/c1-4-15(2,14(18)19)17-13-12-6-5-11(20-3)9-10(12)7-8-16-13/h5-9H,4H2,1-3H3,(H,16,17)(H,18,19). The van der Waals surface area contributed by atoms with E-state index < -0.39 is 11.5 Å². The quantitative estimate of drug-likeness (QED) is 0.877. The summed E-state index contributed by atoms with van der Waals surface area (Å²) in [4.78, 5) is 15.6. The third-order valence-corrected chi connectivity index (χ3v) is 3.55. The van der Waals surface area contributed by atoms with Crippen LogP contribution in [0.2, 0.25) is 0 Å². The molecule has 1 aromatic heterocycles. The number of hydrogen-bond donors (Lipinski definition) is 2. The summed E-state index contributed by atoms with van der Waals surface area (Å²) < 4.78 is 5.19. The van der Waals surface area contributed by atoms with Gasteiger partial charge in [-0.1, -0.05) is 6.92 Å². The first-order valence-electron chi connectivity index (χ1n) is 6.44. The first-order chi connectivity index (χ1) is 9.50. The van der Waals surface area contributed by atoms with E-state index in [9.17, 15) is 9.90 Å². The van der Waals surface area contributed by atoms with E-state index in [1.807, 2.05) is 31.2 Å². The molecule has 1 aromatic carbocycles. The Labute approximate surface area is 117 Å². The maximum atomic E-state index is 11.4. The van der Waals surface area contributed by atoms with Crippen molar-refractivity contribution in [2.24, 2.45) is 0 Å². The van der Waals surface area contributed by atoms with Gasteiger partial charge in [0.05, 0.1) is 7.11 Å². The van der Waals surface area contributed by atoms with Gasteiger partial charge in [-0.25, -0.2) is 9.78 Å². The highest BCUT2D eigenvalue weighted by atomic mass is 16.5. The molecule has 5 heteroatoms. The second kappa shape index (κ2) is 5.36. The highest BCUT2D eigenvalue weighted by Gasteiger charge is 2.31. The van der Waals surface area contributed by atoms with E-state index in [0.29, 0.717) is 12.2 Å². The Hall–Kier alpha value is -2.30. The van der Waals surface area contributed by atoms with Gasteiger partial charge in [-0.3, -0.25) is 0 Å². The Morgan fingerprint density at radius 2 is 2.20 bits per heavy atom. The Bertz CT molecular complexity index is 642. The van der Waals surface area contributed by atoms with Crippen molar-refractivity contribution in [3.63, 3.8) is 0 Å². The van der Waals surface area contributed by atoms with Crippen LogP contribution in [0.4, 0.5) is 5.82 Å². The van der Waals surface area contributed by atoms with E-state index in [0.717, 1.165) is 16.5 Å². The minimum Gasteiger partial charge on any atom is -0.497 e. The molecule has 0 aliphatic heterocycles. The van der Waals surface area contributed by atoms with Crippen molar-refractivity contribution in [2.45, 2.75) is 25.8 Å². The Morgan fingerprint density at radius 3 is 2.80 bits per heavy atom. The lowest BCUT2D eigenvalue weighted by Crippen LogP contribution is -2.43. The number of aliphatic carboxylic acids is 1. The number of hydrogen-bond acceptors (Lipinski definition) is 4. The van der Waals surface area contributed by atoms with E-state index in [1.165, 1.54) is 0 Å². The van der Waals surface area contributed by atoms with E-state index >= 15 is 0 Å². The van der Waals surface area contributed by atoms with Crippen LogP contribution < -0.4 is 10.1 Å². The van der Waals surface area contributed by atoms with Crippen molar-refractivity contribution in [2.75, 3.05) is 12.4 Å². The number of benzene rings is 1. The normalized spacial score (nSPS) is 13.8. The molecule has 2 N–H and O–H groups in total. The lowest BCUT2D eigenvalue weighted by molar-refractivity contribution is -0.141. The van der Waals surface area contributed by atoms with Crippen LogP contribution in [0.15, 0.2) is 30.5 Å². The zero-order chi connectivity index (χ0) is 14.8. The van der Waals surface area contributed by atoms with Crippen LogP contribution in [0, 0.1) is 0 Å². The van der Waals surface area contributed by atoms with Crippen LogP contribution in [0.3, 0.4) is 0 Å². The monoisotopic (exact) mass is 274 g/mol. The maximum absolute atomic E-state index is 11.4. The minimum atomic E-state index is -1.04. The SMILES string of the molecule is CCC(C)(Nc1nccc2cc(OC)ccc12)C(=O)O. The van der Waals surface area contributed by atoms with E-state index in [1.54, 1.807) is 20.2 Å². The lowest BCUT2D eigenvalue weighted by Gasteiger charge is -2.25. The van der Waals surface area contributed by atoms with Crippen molar-refractivity contribution in [1.29, 1.82) is 0 Å². The summed E-state index contributed by atoms with van der Waals surface area (Å²) in [5, 5.41) is 14.2. The number of anilines is 1. The number of pyridine rings is 1. The topological polar surface area (TPSA) is 71.5 Å². The molecule has 0 amide bonds. The van der Waals surface area contributed by atoms with E-state index in [-0.39, 0.29) is 0 Å². The molecule has 0 saturated carbocycles. The molecule has 0 bridgehead atoms. The average Bonchev–Trinajstić information content (AvgIpc) is 2.46. The molecule has 20 heavy (non-hydrogen) atoms. The van der Waals surface area contributed by atoms with Crippen molar-refractivity contribution >= 4 is 22.6 Å². The van der Waals surface area contributed by atoms with Gasteiger partial charge in [0.25, 0.3) is 0 Å². The summed E-state index contributed by atoms with van der Waals surface area (Å²) in [5.74, 6) is 0.426. The lowest BCUT2D eigenvalue weighted by atomic mass is 9.99. The molecule has 2 rings (SSSR count). The average molecular weight is 274 g/mol. The predicted octanol–water partition coefficient (Wildman–Crippen LogP) is 2.91. The molecule has 0 radical (unpaired) electrons. The van der Waals surface area contributed by atoms with Gasteiger partial charge in [0.2, 0.25) is 0 Å². The fraction of sp³-hybridized carbons (Fsp3) is 0.333. The number of aromatic nitrogens is 1. The zero-order valence-electron chi connectivity index (χ0n) is 11.8. The number of nitrogens with zero attached hydrogens (tertiary/aromatic N) is 1. The zero-order valence-corrected chi connectivity index (χ0v) is 11.8. The van der Waals surface area contributed by atoms with Crippen LogP contribution in [0.5, 0.6) is 5.75 Å². The van der Waals surface area contributed by atoms with Crippen LogP contribution in [0.1, 0.15) is 20.3 Å². The number of fused-ring (bicyclic) bond motifs is 1. The summed E-state index contributed by atoms with van der Waals surface area (Å²) in [5.41, 5.74) is -1.04. The molecule has 2 aromatic rings. The summed E-state index contributed by atoms with van der Waals surface area (Å²) in [6.07, 6.45) is 2.11. The van der Waals surface area contributed by atoms with E-state index in [4.69, 9.17) is 4.74 Å². The molecule has 0 spiro atoms. The Kier molecular flexibility index (Phi) is 3.79. The Morgan fingerprint density at radius 1 is 1.45 bits per heavy atom. The highest BCUT2D eigenvalue weighted by molar-refractivity contribution is 5.94. The number of rotatable bonds is 5. The fourth-order valence-electron chi connectivity index (χ4n) is 1.94. The van der Waals surface area contributed by atoms with Crippen molar-refractivity contribution < 1.29 is 14.6 Å². The van der Waals surface area contributed by atoms with E-state index in [2.05, 4.69) is 10.3 Å². The molecule has 0 aliphatic rings. The molecule has 5 nitrogen and oxygen atoms in total. The third-order valence-electron chi connectivity index (χ3n) is 3.55. The predicted molar refractivity (Wildman–Crippen MR) is 78.2 cm³/mol. The van der Waals surface area contributed by atoms with Crippen LogP contribution in [0.25, 0.3) is 10.8 Å². The Balaban J connectivity index is 2.47. The van der Waals surface area contributed by atoms with Crippen LogP contribution in [-0.2, 0) is 4.79 Å². The first kappa shape index (κ1) is 14.1. The van der Waals surface area contributed by atoms with Crippen LogP contribution >= 0.6 is 0 Å². The van der Waals surface area contributed by atoms with Crippen molar-refractivity contribution in [3.05, 3.63) is 30.5 Å². The number of carboxylic acids is 1. The molecule has 1 heterocycles. The van der Waals surface area contributed by atoms with Gasteiger partial charge in [0.15, 0.2) is 0 Å². The maximum Gasteiger partial charge on any atom is 0.329 e. The smallest absolute Gasteiger partial charge is 0.329 e. The number of methoxy groups -OCH3 is 1. The van der Waals surface area contributed by atoms with Gasteiger partial charge < -0.3 is 15.2 Å². The molecule has 0 fully saturated rings. The van der Waals surface area contributed by atoms with Crippen LogP contribution in [-0.4, -0.2) is 28.7 Å².